The van der Waals surface area contributed by atoms with Crippen LogP contribution in [0.5, 0.6) is 0 Å². The maximum absolute atomic E-state index is 15.0. The normalized spacial score (nSPS) is 19.4. The Morgan fingerprint density at radius 1 is 0.949 bits per heavy atom. The van der Waals surface area contributed by atoms with Crippen LogP contribution in [0.25, 0.3) is 28.1 Å². The molecule has 12 nitrogen and oxygen atoms in total. The molecule has 6 aromatic rings. The molecule has 0 N–H and O–H groups in total. The fourth-order valence-electron chi connectivity index (χ4n) is 9.07. The number of carbonyl (C=O) groups excluding carboxylic acids is 1. The maximum Gasteiger partial charge on any atom is 0.338 e. The van der Waals surface area contributed by atoms with E-state index in [4.69, 9.17) is 14.6 Å². The van der Waals surface area contributed by atoms with E-state index in [1.807, 2.05) is 24.8 Å². The third-order valence-corrected chi connectivity index (χ3v) is 14.9. The van der Waals surface area contributed by atoms with Crippen molar-refractivity contribution in [1.82, 2.24) is 28.4 Å². The van der Waals surface area contributed by atoms with Gasteiger partial charge in [0.2, 0.25) is 0 Å². The van der Waals surface area contributed by atoms with Gasteiger partial charge in [-0.1, -0.05) is 13.0 Å². The molecule has 308 valence electrons. The van der Waals surface area contributed by atoms with Crippen molar-refractivity contribution in [2.24, 2.45) is 4.36 Å². The van der Waals surface area contributed by atoms with E-state index in [1.165, 1.54) is 10.1 Å². The van der Waals surface area contributed by atoms with Crippen LogP contribution in [0.3, 0.4) is 0 Å². The van der Waals surface area contributed by atoms with Crippen LogP contribution >= 0.6 is 0 Å². The molecule has 3 aliphatic rings. The Morgan fingerprint density at radius 2 is 1.66 bits per heavy atom. The summed E-state index contributed by atoms with van der Waals surface area (Å²) in [6, 6.07) is 18.6. The van der Waals surface area contributed by atoms with Crippen molar-refractivity contribution in [2.45, 2.75) is 82.9 Å². The van der Waals surface area contributed by atoms with Gasteiger partial charge >= 0.3 is 5.69 Å². The van der Waals surface area contributed by atoms with Gasteiger partial charge in [0.05, 0.1) is 38.9 Å². The monoisotopic (exact) mass is 819 g/mol. The quantitative estimate of drug-likeness (QED) is 0.150. The molecule has 3 aromatic carbocycles. The summed E-state index contributed by atoms with van der Waals surface area (Å²) in [6.45, 7) is 10.5. The third-order valence-electron chi connectivity index (χ3n) is 12.6. The number of hydrogen-bond donors (Lipinski definition) is 0. The average Bonchev–Trinajstić information content (AvgIpc) is 3.93. The van der Waals surface area contributed by atoms with Crippen molar-refractivity contribution in [3.05, 3.63) is 123 Å². The first-order chi connectivity index (χ1) is 28.5. The molecule has 0 spiro atoms. The summed E-state index contributed by atoms with van der Waals surface area (Å²) >= 11 is 0. The maximum atomic E-state index is 15.0. The predicted molar refractivity (Wildman–Crippen MR) is 225 cm³/mol. The van der Waals surface area contributed by atoms with Crippen LogP contribution in [0.4, 0.5) is 4.39 Å². The molecular formula is C45H50FN7O5S. The van der Waals surface area contributed by atoms with Gasteiger partial charge in [-0.2, -0.15) is 5.10 Å². The van der Waals surface area contributed by atoms with Crippen LogP contribution < -0.4 is 5.69 Å². The van der Waals surface area contributed by atoms with Gasteiger partial charge in [0.1, 0.15) is 17.3 Å². The summed E-state index contributed by atoms with van der Waals surface area (Å²) in [5.74, 6) is 0.881. The lowest BCUT2D eigenvalue weighted by Gasteiger charge is -2.34. The van der Waals surface area contributed by atoms with E-state index in [9.17, 15) is 9.00 Å². The Labute approximate surface area is 343 Å². The van der Waals surface area contributed by atoms with E-state index in [-0.39, 0.29) is 23.5 Å². The second-order valence-electron chi connectivity index (χ2n) is 16.0. The van der Waals surface area contributed by atoms with Crippen molar-refractivity contribution < 1.29 is 22.9 Å². The summed E-state index contributed by atoms with van der Waals surface area (Å²) in [4.78, 5) is 32.0. The second-order valence-corrected chi connectivity index (χ2v) is 18.7. The minimum absolute atomic E-state index is 0.0367. The largest absolute Gasteiger partial charge is 0.381 e. The number of aryl methyl sites for hydroxylation is 2. The molecule has 1 unspecified atom stereocenters. The van der Waals surface area contributed by atoms with Crippen LogP contribution in [0.2, 0.25) is 0 Å². The first-order valence-electron chi connectivity index (χ1n) is 20.6. The van der Waals surface area contributed by atoms with E-state index >= 15 is 9.18 Å². The van der Waals surface area contributed by atoms with Gasteiger partial charge < -0.3 is 18.9 Å². The number of rotatable bonds is 9. The van der Waals surface area contributed by atoms with Crippen molar-refractivity contribution in [3.8, 4) is 17.2 Å². The molecular weight excluding hydrogens is 770 g/mol. The molecule has 2 saturated heterocycles. The number of imidazole rings is 1. The van der Waals surface area contributed by atoms with Crippen LogP contribution in [-0.2, 0) is 32.2 Å². The summed E-state index contributed by atoms with van der Waals surface area (Å²) < 4.78 is 50.8. The molecule has 3 aromatic heterocycles. The summed E-state index contributed by atoms with van der Waals surface area (Å²) in [7, 11) is -0.993. The van der Waals surface area contributed by atoms with Gasteiger partial charge in [-0.05, 0) is 117 Å². The first kappa shape index (κ1) is 39.2. The smallest absolute Gasteiger partial charge is 0.338 e. The van der Waals surface area contributed by atoms with E-state index in [0.717, 1.165) is 61.2 Å². The number of fused-ring (bicyclic) bond motifs is 2. The molecule has 0 aliphatic carbocycles. The van der Waals surface area contributed by atoms with Crippen molar-refractivity contribution in [3.63, 3.8) is 0 Å². The van der Waals surface area contributed by atoms with Crippen molar-refractivity contribution >= 4 is 26.5 Å². The Kier molecular flexibility index (Phi) is 10.2. The highest BCUT2D eigenvalue weighted by Gasteiger charge is 2.37. The second kappa shape index (κ2) is 15.4. The number of carbonyl (C=O) groups is 1. The molecule has 3 aliphatic heterocycles. The zero-order chi connectivity index (χ0) is 41.2. The molecule has 0 saturated carbocycles. The molecule has 0 bridgehead atoms. The van der Waals surface area contributed by atoms with Crippen LogP contribution in [0.1, 0.15) is 83.5 Å². The van der Waals surface area contributed by atoms with Gasteiger partial charge in [0, 0.05) is 85.9 Å². The van der Waals surface area contributed by atoms with Crippen LogP contribution in [0.15, 0.2) is 87.1 Å². The lowest BCUT2D eigenvalue weighted by molar-refractivity contribution is -0.0588. The highest BCUT2D eigenvalue weighted by atomic mass is 32.2. The predicted octanol–water partition coefficient (Wildman–Crippen LogP) is 7.44. The van der Waals surface area contributed by atoms with E-state index in [1.54, 1.807) is 78.9 Å². The fourth-order valence-corrected chi connectivity index (χ4v) is 10.4. The van der Waals surface area contributed by atoms with Gasteiger partial charge in [-0.15, -0.1) is 0 Å². The third kappa shape index (κ3) is 6.74. The lowest BCUT2D eigenvalue weighted by atomic mass is 9.91. The van der Waals surface area contributed by atoms with E-state index < -0.39 is 15.8 Å². The number of benzene rings is 3. The van der Waals surface area contributed by atoms with Crippen LogP contribution in [0, 0.1) is 19.7 Å². The standard InChI is InChI=1S/C45H50FN7O5S/c1-6-59(56,47-5)37-10-8-34(9-11-37)50-18-19-51(45(50)55)43-41-30(4)49(17-13-38(41)48-53(43)35-23-28(2)42(46)29(3)24-35)44(54)40-26-33-25-32(31-14-20-57-21-15-31)7-12-39(33)52(40)27-36-16-22-58-36/h7-12,18-19,23-26,30-31,36H,6,13-17,20-22,27H2,1-5H3/t30-,36-,59?/m0/s1. The van der Waals surface area contributed by atoms with Gasteiger partial charge in [-0.25, -0.2) is 22.4 Å². The number of hydrogen-bond acceptors (Lipinski definition) is 7. The van der Waals surface area contributed by atoms with E-state index in [2.05, 4.69) is 27.1 Å². The SMILES string of the molecule is CCS(=O)(=NC)c1ccc(-n2ccn(-c3c4c(nn3-c3cc(C)c(F)c(C)c3)CCN(C(=O)c3cc5cc(C6CCOCC6)ccc5n3C[C@@H]3CCO3)[C@H]4C)c2=O)cc1. The first-order valence-corrected chi connectivity index (χ1v) is 22.2. The number of halogens is 1. The Bertz CT molecular complexity index is 2760. The van der Waals surface area contributed by atoms with E-state index in [0.29, 0.717) is 70.1 Å². The molecule has 2 fully saturated rings. The Morgan fingerprint density at radius 3 is 2.32 bits per heavy atom. The Hall–Kier alpha value is -5.31. The molecule has 1 amide bonds. The zero-order valence-electron chi connectivity index (χ0n) is 34.2. The minimum atomic E-state index is -2.55. The molecule has 0 radical (unpaired) electrons. The molecule has 59 heavy (non-hydrogen) atoms. The summed E-state index contributed by atoms with van der Waals surface area (Å²) in [5.41, 5.74) is 6.14. The molecule has 3 atom stereocenters. The minimum Gasteiger partial charge on any atom is -0.381 e. The summed E-state index contributed by atoms with van der Waals surface area (Å²) in [5, 5.41) is 6.11. The number of ether oxygens (including phenoxy) is 2. The Balaban J connectivity index is 1.14. The topological polar surface area (TPSA) is 118 Å². The number of nitrogens with zero attached hydrogens (tertiary/aromatic N) is 7. The fraction of sp³-hybridized carbons (Fsp3) is 0.400. The molecule has 9 rings (SSSR count). The van der Waals surface area contributed by atoms with Crippen molar-refractivity contribution in [1.29, 1.82) is 0 Å². The van der Waals surface area contributed by atoms with Crippen molar-refractivity contribution in [2.75, 3.05) is 39.2 Å². The molecule has 14 heteroatoms. The number of amides is 1. The zero-order valence-corrected chi connectivity index (χ0v) is 35.0. The van der Waals surface area contributed by atoms with Gasteiger partial charge in [0.25, 0.3) is 5.91 Å². The van der Waals surface area contributed by atoms with Gasteiger partial charge in [-0.3, -0.25) is 13.9 Å². The van der Waals surface area contributed by atoms with Crippen LogP contribution in [-0.4, -0.2) is 83.8 Å². The van der Waals surface area contributed by atoms with Gasteiger partial charge in [0.15, 0.2) is 0 Å². The number of aromatic nitrogens is 5. The average molecular weight is 820 g/mol. The molecule has 6 heterocycles. The highest BCUT2D eigenvalue weighted by Crippen LogP contribution is 2.38. The highest BCUT2D eigenvalue weighted by molar-refractivity contribution is 7.93. The summed E-state index contributed by atoms with van der Waals surface area (Å²) in [6.07, 6.45) is 6.78. The lowest BCUT2D eigenvalue weighted by Crippen LogP contribution is -2.41.